The van der Waals surface area contributed by atoms with E-state index in [0.29, 0.717) is 11.4 Å². The van der Waals surface area contributed by atoms with Gasteiger partial charge in [-0.15, -0.1) is 0 Å². The predicted octanol–water partition coefficient (Wildman–Crippen LogP) is 2.50. The largest absolute Gasteiger partial charge is 0.497 e. The van der Waals surface area contributed by atoms with Crippen LogP contribution in [0.25, 0.3) is 0 Å². The third-order valence-corrected chi connectivity index (χ3v) is 3.03. The molecule has 0 heterocycles. The van der Waals surface area contributed by atoms with Gasteiger partial charge in [0.1, 0.15) is 11.6 Å². The normalized spacial score (nSPS) is 9.71. The summed E-state index contributed by atoms with van der Waals surface area (Å²) in [5, 5.41) is 11.2. The highest BCUT2D eigenvalue weighted by Gasteiger charge is 2.15. The lowest BCUT2D eigenvalue weighted by Crippen LogP contribution is -2.21. The molecule has 7 heteroatoms. The van der Waals surface area contributed by atoms with E-state index in [4.69, 9.17) is 14.7 Å². The molecule has 0 saturated carbocycles. The minimum Gasteiger partial charge on any atom is -0.497 e. The van der Waals surface area contributed by atoms with Crippen molar-refractivity contribution in [1.29, 1.82) is 5.26 Å². The second kappa shape index (κ2) is 7.74. The molecule has 2 aromatic rings. The molecule has 0 aliphatic heterocycles. The monoisotopic (exact) mass is 328 g/mol. The highest BCUT2D eigenvalue weighted by Crippen LogP contribution is 2.15. The van der Waals surface area contributed by atoms with Crippen molar-refractivity contribution in [2.45, 2.75) is 0 Å². The zero-order chi connectivity index (χ0) is 17.5. The van der Waals surface area contributed by atoms with E-state index in [9.17, 15) is 14.0 Å². The molecule has 0 spiro atoms. The molecule has 1 amide bonds. The Hall–Kier alpha value is -3.40. The van der Waals surface area contributed by atoms with Crippen LogP contribution in [-0.2, 0) is 9.53 Å². The van der Waals surface area contributed by atoms with Crippen LogP contribution in [0.4, 0.5) is 10.1 Å². The molecular weight excluding hydrogens is 315 g/mol. The number of methoxy groups -OCH3 is 1. The van der Waals surface area contributed by atoms with E-state index in [1.807, 2.05) is 0 Å². The minimum atomic E-state index is -0.984. The molecule has 24 heavy (non-hydrogen) atoms. The van der Waals surface area contributed by atoms with Crippen molar-refractivity contribution >= 4 is 17.6 Å². The second-order valence-electron chi connectivity index (χ2n) is 4.66. The number of hydrogen-bond acceptors (Lipinski definition) is 5. The molecule has 1 N–H and O–H groups in total. The second-order valence-corrected chi connectivity index (χ2v) is 4.66. The number of rotatable bonds is 5. The van der Waals surface area contributed by atoms with Crippen molar-refractivity contribution in [1.82, 2.24) is 0 Å². The maximum atomic E-state index is 13.7. The molecule has 2 aromatic carbocycles. The molecule has 6 nitrogen and oxygen atoms in total. The molecule has 0 radical (unpaired) electrons. The zero-order valence-corrected chi connectivity index (χ0v) is 12.7. The van der Waals surface area contributed by atoms with Crippen molar-refractivity contribution in [2.24, 2.45) is 0 Å². The van der Waals surface area contributed by atoms with Gasteiger partial charge in [-0.25, -0.2) is 9.18 Å². The van der Waals surface area contributed by atoms with Crippen molar-refractivity contribution in [3.63, 3.8) is 0 Å². The molecule has 0 atom stereocenters. The van der Waals surface area contributed by atoms with E-state index >= 15 is 0 Å². The van der Waals surface area contributed by atoms with Gasteiger partial charge in [-0.1, -0.05) is 0 Å². The van der Waals surface area contributed by atoms with Gasteiger partial charge in [0.2, 0.25) is 0 Å². The molecule has 0 aromatic heterocycles. The number of nitrogens with zero attached hydrogens (tertiary/aromatic N) is 1. The highest BCUT2D eigenvalue weighted by atomic mass is 19.1. The summed E-state index contributed by atoms with van der Waals surface area (Å²) in [6.07, 6.45) is 0. The molecule has 0 unspecified atom stereocenters. The number of halogens is 1. The lowest BCUT2D eigenvalue weighted by molar-refractivity contribution is -0.119. The lowest BCUT2D eigenvalue weighted by atomic mass is 10.1. The summed E-state index contributed by atoms with van der Waals surface area (Å²) in [6.45, 7) is -0.565. The smallest absolute Gasteiger partial charge is 0.341 e. The number of amides is 1. The first-order valence-electron chi connectivity index (χ1n) is 6.84. The third kappa shape index (κ3) is 4.30. The number of nitriles is 1. The molecule has 0 aliphatic carbocycles. The van der Waals surface area contributed by atoms with Gasteiger partial charge in [0.15, 0.2) is 6.61 Å². The number of anilines is 1. The Kier molecular flexibility index (Phi) is 5.47. The summed E-state index contributed by atoms with van der Waals surface area (Å²) in [6, 6.07) is 11.7. The van der Waals surface area contributed by atoms with E-state index in [-0.39, 0.29) is 11.1 Å². The third-order valence-electron chi connectivity index (χ3n) is 3.03. The first-order chi connectivity index (χ1) is 11.5. The van der Waals surface area contributed by atoms with E-state index < -0.39 is 24.3 Å². The van der Waals surface area contributed by atoms with Crippen LogP contribution in [0, 0.1) is 17.1 Å². The fraction of sp³-hybridized carbons (Fsp3) is 0.118. The van der Waals surface area contributed by atoms with Crippen molar-refractivity contribution in [2.75, 3.05) is 19.0 Å². The van der Waals surface area contributed by atoms with Crippen LogP contribution >= 0.6 is 0 Å². The van der Waals surface area contributed by atoms with Crippen LogP contribution in [0.1, 0.15) is 15.9 Å². The van der Waals surface area contributed by atoms with Crippen LogP contribution in [0.15, 0.2) is 42.5 Å². The van der Waals surface area contributed by atoms with Gasteiger partial charge in [0.25, 0.3) is 5.91 Å². The number of carbonyl (C=O) groups is 2. The molecule has 0 fully saturated rings. The topological polar surface area (TPSA) is 88.4 Å². The molecule has 0 aliphatic rings. The summed E-state index contributed by atoms with van der Waals surface area (Å²) in [5.74, 6) is -1.80. The summed E-state index contributed by atoms with van der Waals surface area (Å²) < 4.78 is 23.4. The van der Waals surface area contributed by atoms with Crippen LogP contribution in [0.5, 0.6) is 5.75 Å². The molecule has 0 saturated heterocycles. The van der Waals surface area contributed by atoms with E-state index in [1.165, 1.54) is 13.2 Å². The average molecular weight is 328 g/mol. The zero-order valence-electron chi connectivity index (χ0n) is 12.7. The Balaban J connectivity index is 1.91. The standard InChI is InChI=1S/C17H13FN2O4/c1-23-13-5-3-12(4-6-13)20-16(21)10-24-17(22)14-7-2-11(9-19)8-15(14)18/h2-8H,10H2,1H3,(H,20,21). The fourth-order valence-corrected chi connectivity index (χ4v) is 1.83. The van der Waals surface area contributed by atoms with Gasteiger partial charge < -0.3 is 14.8 Å². The Labute approximate surface area is 137 Å². The summed E-state index contributed by atoms with van der Waals surface area (Å²) in [5.41, 5.74) is 0.244. The number of hydrogen-bond donors (Lipinski definition) is 1. The Morgan fingerprint density at radius 1 is 1.21 bits per heavy atom. The molecular formula is C17H13FN2O4. The highest BCUT2D eigenvalue weighted by molar-refractivity contribution is 5.95. The maximum Gasteiger partial charge on any atom is 0.341 e. The van der Waals surface area contributed by atoms with Gasteiger partial charge in [0, 0.05) is 5.69 Å². The van der Waals surface area contributed by atoms with Gasteiger partial charge in [-0.2, -0.15) is 5.26 Å². The Bertz CT molecular complexity index is 797. The fourth-order valence-electron chi connectivity index (χ4n) is 1.83. The lowest BCUT2D eigenvalue weighted by Gasteiger charge is -2.08. The van der Waals surface area contributed by atoms with Gasteiger partial charge in [0.05, 0.1) is 24.3 Å². The molecule has 0 bridgehead atoms. The summed E-state index contributed by atoms with van der Waals surface area (Å²) in [4.78, 5) is 23.5. The van der Waals surface area contributed by atoms with Crippen LogP contribution < -0.4 is 10.1 Å². The maximum absolute atomic E-state index is 13.7. The Morgan fingerprint density at radius 3 is 2.50 bits per heavy atom. The predicted molar refractivity (Wildman–Crippen MR) is 83.0 cm³/mol. The first kappa shape index (κ1) is 17.0. The van der Waals surface area contributed by atoms with Gasteiger partial charge in [-0.05, 0) is 42.5 Å². The van der Waals surface area contributed by atoms with E-state index in [0.717, 1.165) is 12.1 Å². The number of nitrogens with one attached hydrogen (secondary N) is 1. The number of carbonyl (C=O) groups excluding carboxylic acids is 2. The molecule has 2 rings (SSSR count). The SMILES string of the molecule is COc1ccc(NC(=O)COC(=O)c2ccc(C#N)cc2F)cc1. The number of benzene rings is 2. The van der Waals surface area contributed by atoms with Gasteiger partial charge >= 0.3 is 5.97 Å². The van der Waals surface area contributed by atoms with E-state index in [1.54, 1.807) is 30.3 Å². The average Bonchev–Trinajstić information content (AvgIpc) is 2.60. The van der Waals surface area contributed by atoms with Crippen LogP contribution in [-0.4, -0.2) is 25.6 Å². The van der Waals surface area contributed by atoms with Crippen LogP contribution in [0.3, 0.4) is 0 Å². The van der Waals surface area contributed by atoms with Gasteiger partial charge in [-0.3, -0.25) is 4.79 Å². The number of ether oxygens (including phenoxy) is 2. The van der Waals surface area contributed by atoms with Crippen molar-refractivity contribution in [3.05, 3.63) is 59.4 Å². The van der Waals surface area contributed by atoms with Crippen molar-refractivity contribution in [3.8, 4) is 11.8 Å². The van der Waals surface area contributed by atoms with Crippen molar-refractivity contribution < 1.29 is 23.5 Å². The first-order valence-corrected chi connectivity index (χ1v) is 6.84. The van der Waals surface area contributed by atoms with Crippen LogP contribution in [0.2, 0.25) is 0 Å². The number of esters is 1. The van der Waals surface area contributed by atoms with E-state index in [2.05, 4.69) is 5.32 Å². The quantitative estimate of drug-likeness (QED) is 0.852. The Morgan fingerprint density at radius 2 is 1.92 bits per heavy atom. The molecule has 122 valence electrons. The summed E-state index contributed by atoms with van der Waals surface area (Å²) in [7, 11) is 1.52. The minimum absolute atomic E-state index is 0.0845. The summed E-state index contributed by atoms with van der Waals surface area (Å²) >= 11 is 0.